The number of aryl methyl sites for hydroxylation is 2. The first-order valence-corrected chi connectivity index (χ1v) is 19.7. The van der Waals surface area contributed by atoms with Gasteiger partial charge in [0.15, 0.2) is 0 Å². The molecule has 0 saturated carbocycles. The van der Waals surface area contributed by atoms with Crippen molar-refractivity contribution in [2.45, 2.75) is 92.9 Å². The summed E-state index contributed by atoms with van der Waals surface area (Å²) in [5, 5.41) is 0. The van der Waals surface area contributed by atoms with Crippen LogP contribution in [0.1, 0.15) is 99.9 Å². The van der Waals surface area contributed by atoms with E-state index in [1.165, 1.54) is 19.5 Å². The summed E-state index contributed by atoms with van der Waals surface area (Å²) in [5.74, 6) is 0.739. The smallest absolute Gasteiger partial charge is 0.259 e. The maximum absolute atomic E-state index is 14.8. The number of hydrogen-bond donors (Lipinski definition) is 0. The van der Waals surface area contributed by atoms with Crippen LogP contribution in [0.15, 0.2) is 60.7 Å². The maximum atomic E-state index is 14.8. The first-order valence-electron chi connectivity index (χ1n) is 18.1. The highest BCUT2D eigenvalue weighted by Gasteiger charge is 2.43. The Balaban J connectivity index is 1.51. The molecule has 2 aromatic carbocycles. The van der Waals surface area contributed by atoms with Crippen molar-refractivity contribution < 1.29 is 9.59 Å². The summed E-state index contributed by atoms with van der Waals surface area (Å²) in [6, 6.07) is 21.5. The third-order valence-electron chi connectivity index (χ3n) is 10.3. The number of amides is 2. The highest BCUT2D eigenvalue weighted by Crippen LogP contribution is 2.49. The van der Waals surface area contributed by atoms with Crippen LogP contribution < -0.4 is 9.80 Å². The molecule has 0 saturated heterocycles. The lowest BCUT2D eigenvalue weighted by Gasteiger charge is -2.24. The molecule has 2 aliphatic heterocycles. The number of carbonyl (C=O) groups excluding carboxylic acids is 2. The molecular weight excluding hydrogens is 629 g/mol. The largest absolute Gasteiger partial charge is 0.307 e. The third-order valence-corrected chi connectivity index (χ3v) is 12.4. The van der Waals surface area contributed by atoms with Gasteiger partial charge in [-0.2, -0.15) is 0 Å². The molecule has 0 bridgehead atoms. The zero-order valence-corrected chi connectivity index (χ0v) is 31.2. The standard InChI is InChI=1S/C42H50N2O2S2/c1-7-11-13-29(9-3)25-43-35-23-31(37-21-15-27(5)47-37)17-19-33(35)39(41(43)45)40-34-20-18-32(38-22-16-28(6)48-38)24-36(34)44(42(40)46)26-30(10-4)14-12-8-2/h15-24,29-30H,7-14,25-26H2,1-6H3/b40-39-. The van der Waals surface area contributed by atoms with Crippen LogP contribution in [0.3, 0.4) is 0 Å². The van der Waals surface area contributed by atoms with Crippen LogP contribution in [0.2, 0.25) is 0 Å². The van der Waals surface area contributed by atoms with E-state index in [-0.39, 0.29) is 11.8 Å². The predicted molar refractivity (Wildman–Crippen MR) is 207 cm³/mol. The molecule has 0 spiro atoms. The van der Waals surface area contributed by atoms with Gasteiger partial charge in [0.25, 0.3) is 11.8 Å². The van der Waals surface area contributed by atoms with Gasteiger partial charge in [0.05, 0.1) is 22.5 Å². The van der Waals surface area contributed by atoms with Crippen molar-refractivity contribution in [3.8, 4) is 20.9 Å². The van der Waals surface area contributed by atoms with E-state index in [4.69, 9.17) is 0 Å². The molecule has 0 fully saturated rings. The van der Waals surface area contributed by atoms with E-state index in [1.807, 2.05) is 9.80 Å². The minimum atomic E-state index is -0.0356. The molecule has 4 aromatic rings. The number of carbonyl (C=O) groups is 2. The van der Waals surface area contributed by atoms with E-state index < -0.39 is 0 Å². The first-order chi connectivity index (χ1) is 23.3. The van der Waals surface area contributed by atoms with Gasteiger partial charge < -0.3 is 9.80 Å². The van der Waals surface area contributed by atoms with E-state index in [1.54, 1.807) is 22.7 Å². The van der Waals surface area contributed by atoms with Crippen molar-refractivity contribution in [1.29, 1.82) is 0 Å². The Morgan fingerprint density at radius 3 is 1.33 bits per heavy atom. The first kappa shape index (κ1) is 34.4. The van der Waals surface area contributed by atoms with Crippen molar-refractivity contribution >= 4 is 57.0 Å². The minimum absolute atomic E-state index is 0.0356. The minimum Gasteiger partial charge on any atom is -0.307 e. The van der Waals surface area contributed by atoms with E-state index in [0.717, 1.165) is 85.0 Å². The van der Waals surface area contributed by atoms with Gasteiger partial charge in [-0.05, 0) is 86.1 Å². The second-order valence-electron chi connectivity index (χ2n) is 13.7. The number of fused-ring (bicyclic) bond motifs is 2. The second-order valence-corrected chi connectivity index (χ2v) is 16.3. The van der Waals surface area contributed by atoms with E-state index in [9.17, 15) is 9.59 Å². The van der Waals surface area contributed by atoms with E-state index >= 15 is 0 Å². The molecular formula is C42H50N2O2S2. The van der Waals surface area contributed by atoms with Gasteiger partial charge in [-0.15, -0.1) is 22.7 Å². The van der Waals surface area contributed by atoms with Crippen LogP contribution in [0, 0.1) is 25.7 Å². The summed E-state index contributed by atoms with van der Waals surface area (Å²) in [7, 11) is 0. The third kappa shape index (κ3) is 6.71. The summed E-state index contributed by atoms with van der Waals surface area (Å²) in [4.78, 5) is 38.5. The Kier molecular flexibility index (Phi) is 10.7. The molecule has 48 heavy (non-hydrogen) atoms. The Morgan fingerprint density at radius 1 is 0.583 bits per heavy atom. The number of anilines is 2. The molecule has 0 aliphatic carbocycles. The van der Waals surface area contributed by atoms with Crippen molar-refractivity contribution in [3.63, 3.8) is 0 Å². The van der Waals surface area contributed by atoms with Crippen molar-refractivity contribution in [2.24, 2.45) is 11.8 Å². The Labute approximate surface area is 295 Å². The zero-order valence-electron chi connectivity index (χ0n) is 29.5. The molecule has 6 rings (SSSR count). The number of rotatable bonds is 14. The van der Waals surface area contributed by atoms with Gasteiger partial charge in [-0.3, -0.25) is 9.59 Å². The van der Waals surface area contributed by atoms with Crippen molar-refractivity contribution in [3.05, 3.63) is 81.5 Å². The normalized spacial score (nSPS) is 17.0. The topological polar surface area (TPSA) is 40.6 Å². The average Bonchev–Trinajstić information content (AvgIpc) is 3.85. The summed E-state index contributed by atoms with van der Waals surface area (Å²) >= 11 is 3.55. The number of hydrogen-bond acceptors (Lipinski definition) is 4. The van der Waals surface area contributed by atoms with Crippen LogP contribution in [0.25, 0.3) is 32.0 Å². The number of thiophene rings is 2. The lowest BCUT2D eigenvalue weighted by atomic mass is 9.95. The Morgan fingerprint density at radius 2 is 1.00 bits per heavy atom. The number of benzene rings is 2. The highest BCUT2D eigenvalue weighted by atomic mass is 32.1. The van der Waals surface area contributed by atoms with Gasteiger partial charge in [0.1, 0.15) is 0 Å². The maximum Gasteiger partial charge on any atom is 0.259 e. The number of unbranched alkanes of at least 4 members (excludes halogenated alkanes) is 2. The van der Waals surface area contributed by atoms with Crippen LogP contribution in [0.4, 0.5) is 11.4 Å². The molecule has 4 nitrogen and oxygen atoms in total. The van der Waals surface area contributed by atoms with Gasteiger partial charge in [0.2, 0.25) is 0 Å². The quantitative estimate of drug-likeness (QED) is 0.125. The van der Waals surface area contributed by atoms with E-state index in [0.29, 0.717) is 36.1 Å². The SMILES string of the molecule is CCCCC(CC)CN1C(=O)/C(=C2\C(=O)N(CC(CC)CCCC)c3cc(-c4ccc(C)s4)ccc32)c2ccc(-c3ccc(C)s3)cc21. The van der Waals surface area contributed by atoms with Gasteiger partial charge >= 0.3 is 0 Å². The van der Waals surface area contributed by atoms with Gasteiger partial charge in [-0.25, -0.2) is 0 Å². The van der Waals surface area contributed by atoms with Gasteiger partial charge in [0, 0.05) is 43.7 Å². The monoisotopic (exact) mass is 678 g/mol. The molecule has 0 N–H and O–H groups in total. The fourth-order valence-corrected chi connectivity index (χ4v) is 9.06. The van der Waals surface area contributed by atoms with Crippen molar-refractivity contribution in [1.82, 2.24) is 0 Å². The second kappa shape index (κ2) is 15.0. The number of nitrogens with zero attached hydrogens (tertiary/aromatic N) is 2. The lowest BCUT2D eigenvalue weighted by Crippen LogP contribution is -2.34. The fourth-order valence-electron chi connectivity index (χ4n) is 7.33. The molecule has 252 valence electrons. The lowest BCUT2D eigenvalue weighted by molar-refractivity contribution is -0.114. The molecule has 2 aromatic heterocycles. The van der Waals surface area contributed by atoms with Crippen LogP contribution >= 0.6 is 22.7 Å². The molecule has 2 amide bonds. The Hall–Kier alpha value is -3.48. The van der Waals surface area contributed by atoms with Gasteiger partial charge in [-0.1, -0.05) is 90.5 Å². The zero-order chi connectivity index (χ0) is 33.9. The van der Waals surface area contributed by atoms with Crippen LogP contribution in [-0.2, 0) is 9.59 Å². The molecule has 2 aliphatic rings. The highest BCUT2D eigenvalue weighted by molar-refractivity contribution is 7.15. The van der Waals surface area contributed by atoms with Crippen LogP contribution in [0.5, 0.6) is 0 Å². The summed E-state index contributed by atoms with van der Waals surface area (Å²) < 4.78 is 0. The average molecular weight is 679 g/mol. The summed E-state index contributed by atoms with van der Waals surface area (Å²) in [6.45, 7) is 14.5. The molecule has 2 unspecified atom stereocenters. The van der Waals surface area contributed by atoms with Crippen LogP contribution in [-0.4, -0.2) is 24.9 Å². The molecule has 6 heteroatoms. The predicted octanol–water partition coefficient (Wildman–Crippen LogP) is 11.8. The summed E-state index contributed by atoms with van der Waals surface area (Å²) in [5.41, 5.74) is 7.02. The fraction of sp³-hybridized carbons (Fsp3) is 0.429. The molecule has 4 heterocycles. The molecule has 0 radical (unpaired) electrons. The van der Waals surface area contributed by atoms with Crippen molar-refractivity contribution in [2.75, 3.05) is 22.9 Å². The summed E-state index contributed by atoms with van der Waals surface area (Å²) in [6.07, 6.45) is 8.82. The Bertz CT molecular complexity index is 1700. The molecule has 2 atom stereocenters. The van der Waals surface area contributed by atoms with E-state index in [2.05, 4.69) is 102 Å².